The molecule has 2 aliphatic heterocycles. The van der Waals surface area contributed by atoms with Gasteiger partial charge in [-0.15, -0.1) is 0 Å². The van der Waals surface area contributed by atoms with Crippen LogP contribution >= 0.6 is 0 Å². The highest BCUT2D eigenvalue weighted by atomic mass is 16.6. The van der Waals surface area contributed by atoms with E-state index < -0.39 is 0 Å². The first-order valence-corrected chi connectivity index (χ1v) is 6.09. The molecule has 0 amide bonds. The third-order valence-corrected chi connectivity index (χ3v) is 5.46. The summed E-state index contributed by atoms with van der Waals surface area (Å²) < 4.78 is 11.3. The second-order valence-electron chi connectivity index (χ2n) is 6.17. The van der Waals surface area contributed by atoms with Gasteiger partial charge in [0.05, 0.1) is 11.5 Å². The van der Waals surface area contributed by atoms with E-state index in [2.05, 4.69) is 19.9 Å². The van der Waals surface area contributed by atoms with Crippen molar-refractivity contribution in [3.05, 3.63) is 11.6 Å². The lowest BCUT2D eigenvalue weighted by molar-refractivity contribution is -0.135. The Hall–Kier alpha value is -0.830. The van der Waals surface area contributed by atoms with Crippen LogP contribution < -0.4 is 0 Å². The van der Waals surface area contributed by atoms with Crippen LogP contribution in [-0.4, -0.2) is 24.3 Å². The second-order valence-corrected chi connectivity index (χ2v) is 6.17. The Morgan fingerprint density at radius 1 is 1.44 bits per heavy atom. The molecule has 2 saturated heterocycles. The van der Waals surface area contributed by atoms with Crippen LogP contribution in [0.5, 0.6) is 0 Å². The molecule has 86 valence electrons. The Balaban J connectivity index is 1.94. The summed E-state index contributed by atoms with van der Waals surface area (Å²) in [5.41, 5.74) is 0.785. The molecule has 2 heterocycles. The number of rotatable bonds is 0. The SMILES string of the molecule is C[C@@]12CC=C3C(=O)OC[C@@]3(C)[C@]13O[C@@H]3CC2. The van der Waals surface area contributed by atoms with E-state index in [0.29, 0.717) is 12.7 Å². The number of ether oxygens (including phenoxy) is 2. The van der Waals surface area contributed by atoms with E-state index in [9.17, 15) is 4.79 Å². The van der Waals surface area contributed by atoms with Gasteiger partial charge in [-0.1, -0.05) is 13.0 Å². The molecule has 16 heavy (non-hydrogen) atoms. The molecule has 3 nitrogen and oxygen atoms in total. The van der Waals surface area contributed by atoms with Gasteiger partial charge in [0.2, 0.25) is 0 Å². The largest absolute Gasteiger partial charge is 0.461 e. The van der Waals surface area contributed by atoms with Gasteiger partial charge in [-0.3, -0.25) is 0 Å². The van der Waals surface area contributed by atoms with Gasteiger partial charge in [-0.2, -0.15) is 0 Å². The molecule has 4 rings (SSSR count). The second kappa shape index (κ2) is 2.23. The molecule has 0 aromatic heterocycles. The highest BCUT2D eigenvalue weighted by Gasteiger charge is 2.81. The fourth-order valence-electron chi connectivity index (χ4n) is 4.56. The maximum atomic E-state index is 11.7. The number of carbonyl (C=O) groups is 1. The average Bonchev–Trinajstić information content (AvgIpc) is 2.83. The third kappa shape index (κ3) is 0.665. The number of hydrogen-bond donors (Lipinski definition) is 0. The Labute approximate surface area is 94.8 Å². The molecule has 1 saturated carbocycles. The lowest BCUT2D eigenvalue weighted by Gasteiger charge is -2.44. The molecule has 3 heteroatoms. The van der Waals surface area contributed by atoms with Gasteiger partial charge < -0.3 is 9.47 Å². The van der Waals surface area contributed by atoms with E-state index in [1.54, 1.807) is 0 Å². The zero-order valence-corrected chi connectivity index (χ0v) is 9.71. The number of epoxide rings is 1. The van der Waals surface area contributed by atoms with E-state index in [1.807, 2.05) is 0 Å². The van der Waals surface area contributed by atoms with Gasteiger partial charge in [-0.25, -0.2) is 4.79 Å². The number of carbonyl (C=O) groups excluding carboxylic acids is 1. The molecule has 0 unspecified atom stereocenters. The highest BCUT2D eigenvalue weighted by Crippen LogP contribution is 2.73. The summed E-state index contributed by atoms with van der Waals surface area (Å²) in [5.74, 6) is -0.125. The van der Waals surface area contributed by atoms with Crippen LogP contribution in [0.15, 0.2) is 11.6 Å². The smallest absolute Gasteiger partial charge is 0.334 e. The van der Waals surface area contributed by atoms with Gasteiger partial charge in [0.25, 0.3) is 0 Å². The summed E-state index contributed by atoms with van der Waals surface area (Å²) in [7, 11) is 0. The van der Waals surface area contributed by atoms with Gasteiger partial charge in [-0.05, 0) is 26.2 Å². The minimum Gasteiger partial charge on any atom is -0.461 e. The number of cyclic esters (lactones) is 1. The Morgan fingerprint density at radius 2 is 2.25 bits per heavy atom. The minimum atomic E-state index is -0.196. The van der Waals surface area contributed by atoms with Crippen molar-refractivity contribution in [2.75, 3.05) is 6.61 Å². The first-order chi connectivity index (χ1) is 7.54. The molecule has 4 aliphatic rings. The lowest BCUT2D eigenvalue weighted by Crippen LogP contribution is -2.51. The number of hydrogen-bond acceptors (Lipinski definition) is 3. The maximum Gasteiger partial charge on any atom is 0.334 e. The summed E-state index contributed by atoms with van der Waals surface area (Å²) in [6, 6.07) is 0. The topological polar surface area (TPSA) is 38.8 Å². The van der Waals surface area contributed by atoms with Crippen molar-refractivity contribution in [2.45, 2.75) is 44.8 Å². The third-order valence-electron chi connectivity index (χ3n) is 5.46. The van der Waals surface area contributed by atoms with Crippen molar-refractivity contribution in [3.8, 4) is 0 Å². The van der Waals surface area contributed by atoms with Crippen LogP contribution in [0.25, 0.3) is 0 Å². The molecule has 1 spiro atoms. The minimum absolute atomic E-state index is 0.101. The van der Waals surface area contributed by atoms with Crippen LogP contribution in [0.3, 0.4) is 0 Å². The molecule has 0 N–H and O–H groups in total. The van der Waals surface area contributed by atoms with Crippen LogP contribution in [0.1, 0.15) is 33.1 Å². The molecule has 0 radical (unpaired) electrons. The normalized spacial score (nSPS) is 57.2. The fourth-order valence-corrected chi connectivity index (χ4v) is 4.56. The first-order valence-electron chi connectivity index (χ1n) is 6.09. The molecule has 3 fully saturated rings. The fraction of sp³-hybridized carbons (Fsp3) is 0.769. The van der Waals surface area contributed by atoms with Crippen molar-refractivity contribution >= 4 is 5.97 Å². The molecule has 0 aromatic rings. The zero-order chi connectivity index (χ0) is 11.2. The zero-order valence-electron chi connectivity index (χ0n) is 9.71. The average molecular weight is 220 g/mol. The predicted molar refractivity (Wildman–Crippen MR) is 56.7 cm³/mol. The summed E-state index contributed by atoms with van der Waals surface area (Å²) in [6.45, 7) is 4.96. The summed E-state index contributed by atoms with van der Waals surface area (Å²) in [4.78, 5) is 11.7. The standard InChI is InChI=1S/C13H16O3/c1-11-5-3-8-10(14)15-7-12(8,2)13(11)9(16-13)4-6-11/h3,9H,4-7H2,1-2H3/t9-,11+,12-,13-/m1/s1. The molecule has 2 aliphatic carbocycles. The first kappa shape index (κ1) is 9.23. The molecule has 0 bridgehead atoms. The maximum absolute atomic E-state index is 11.7. The van der Waals surface area contributed by atoms with E-state index in [-0.39, 0.29) is 22.4 Å². The van der Waals surface area contributed by atoms with Gasteiger partial charge >= 0.3 is 5.97 Å². The van der Waals surface area contributed by atoms with E-state index in [1.165, 1.54) is 6.42 Å². The van der Waals surface area contributed by atoms with Crippen molar-refractivity contribution in [2.24, 2.45) is 10.8 Å². The van der Waals surface area contributed by atoms with Crippen LogP contribution in [0, 0.1) is 10.8 Å². The lowest BCUT2D eigenvalue weighted by atomic mass is 9.57. The molecular formula is C13H16O3. The van der Waals surface area contributed by atoms with Gasteiger partial charge in [0.15, 0.2) is 0 Å². The summed E-state index contributed by atoms with van der Waals surface area (Å²) in [5, 5.41) is 0. The Kier molecular flexibility index (Phi) is 1.29. The monoisotopic (exact) mass is 220 g/mol. The van der Waals surface area contributed by atoms with Crippen molar-refractivity contribution < 1.29 is 14.3 Å². The van der Waals surface area contributed by atoms with Gasteiger partial charge in [0.1, 0.15) is 12.2 Å². The van der Waals surface area contributed by atoms with E-state index in [0.717, 1.165) is 18.4 Å². The van der Waals surface area contributed by atoms with Crippen LogP contribution in [-0.2, 0) is 14.3 Å². The van der Waals surface area contributed by atoms with Crippen LogP contribution in [0.2, 0.25) is 0 Å². The number of fused-ring (bicyclic) bond motifs is 1. The Bertz CT molecular complexity index is 440. The van der Waals surface area contributed by atoms with Crippen LogP contribution in [0.4, 0.5) is 0 Å². The van der Waals surface area contributed by atoms with Crippen molar-refractivity contribution in [1.29, 1.82) is 0 Å². The van der Waals surface area contributed by atoms with Crippen molar-refractivity contribution in [1.82, 2.24) is 0 Å². The molecule has 4 atom stereocenters. The molecule has 0 aromatic carbocycles. The highest BCUT2D eigenvalue weighted by molar-refractivity contribution is 5.93. The predicted octanol–water partition coefficient (Wildman–Crippen LogP) is 1.82. The molecular weight excluding hydrogens is 204 g/mol. The van der Waals surface area contributed by atoms with Gasteiger partial charge in [0, 0.05) is 11.0 Å². The summed E-state index contributed by atoms with van der Waals surface area (Å²) >= 11 is 0. The van der Waals surface area contributed by atoms with Crippen molar-refractivity contribution in [3.63, 3.8) is 0 Å². The quantitative estimate of drug-likeness (QED) is 0.461. The van der Waals surface area contributed by atoms with E-state index >= 15 is 0 Å². The summed E-state index contributed by atoms with van der Waals surface area (Å²) in [6.07, 6.45) is 5.78. The Morgan fingerprint density at radius 3 is 3.00 bits per heavy atom. The number of esters is 1. The van der Waals surface area contributed by atoms with E-state index in [4.69, 9.17) is 9.47 Å². The number of allylic oxidation sites excluding steroid dienone is 1.